The van der Waals surface area contributed by atoms with E-state index in [0.29, 0.717) is 18.8 Å². The van der Waals surface area contributed by atoms with E-state index in [2.05, 4.69) is 34.8 Å². The number of carbonyl (C=O) groups is 1. The highest BCUT2D eigenvalue weighted by atomic mass is 127. The molecule has 0 bridgehead atoms. The number of nitrogens with zero attached hydrogens (tertiary/aromatic N) is 1. The van der Waals surface area contributed by atoms with Gasteiger partial charge in [0, 0.05) is 19.6 Å². The molecule has 0 aromatic heterocycles. The Morgan fingerprint density at radius 1 is 1.08 bits per heavy atom. The highest BCUT2D eigenvalue weighted by Crippen LogP contribution is 2.14. The highest BCUT2D eigenvalue weighted by Gasteiger charge is 2.02. The van der Waals surface area contributed by atoms with Crippen LogP contribution in [0.25, 0.3) is 0 Å². The van der Waals surface area contributed by atoms with E-state index in [1.807, 2.05) is 31.2 Å². The van der Waals surface area contributed by atoms with E-state index in [9.17, 15) is 4.79 Å². The lowest BCUT2D eigenvalue weighted by Gasteiger charge is -2.11. The second-order valence-electron chi connectivity index (χ2n) is 5.72. The van der Waals surface area contributed by atoms with Gasteiger partial charge in [0.05, 0.1) is 6.54 Å². The Balaban J connectivity index is 0.00000625. The second kappa shape index (κ2) is 15.7. The number of likely N-dealkylation sites (N-methyl/N-ethyl adjacent to an activating group) is 1. The first-order valence-electron chi connectivity index (χ1n) is 9.20. The van der Waals surface area contributed by atoms with Crippen LogP contribution in [0.1, 0.15) is 45.6 Å². The van der Waals surface area contributed by atoms with Crippen LogP contribution >= 0.6 is 24.0 Å². The molecule has 148 valence electrons. The van der Waals surface area contributed by atoms with E-state index in [4.69, 9.17) is 4.74 Å². The minimum Gasteiger partial charge on any atom is -0.484 e. The van der Waals surface area contributed by atoms with Gasteiger partial charge in [0.1, 0.15) is 5.75 Å². The molecule has 6 nitrogen and oxygen atoms in total. The van der Waals surface area contributed by atoms with Gasteiger partial charge in [-0.3, -0.25) is 4.79 Å². The molecule has 0 aliphatic heterocycles. The van der Waals surface area contributed by atoms with Gasteiger partial charge >= 0.3 is 0 Å². The molecule has 0 fully saturated rings. The number of hydrogen-bond acceptors (Lipinski definition) is 3. The summed E-state index contributed by atoms with van der Waals surface area (Å²) in [5.74, 6) is 1.39. The lowest BCUT2D eigenvalue weighted by atomic mass is 10.2. The minimum absolute atomic E-state index is 0. The summed E-state index contributed by atoms with van der Waals surface area (Å²) in [5, 5.41) is 9.31. The fourth-order valence-electron chi connectivity index (χ4n) is 2.22. The molecule has 0 saturated carbocycles. The van der Waals surface area contributed by atoms with Crippen molar-refractivity contribution in [1.29, 1.82) is 0 Å². The van der Waals surface area contributed by atoms with E-state index in [0.717, 1.165) is 31.0 Å². The van der Waals surface area contributed by atoms with Crippen molar-refractivity contribution in [3.05, 3.63) is 29.8 Å². The fourth-order valence-corrected chi connectivity index (χ4v) is 2.22. The van der Waals surface area contributed by atoms with Gasteiger partial charge in [-0.25, -0.2) is 4.99 Å². The molecule has 0 aliphatic rings. The molecule has 0 unspecified atom stereocenters. The average Bonchev–Trinajstić information content (AvgIpc) is 2.62. The zero-order valence-corrected chi connectivity index (χ0v) is 18.5. The number of ether oxygens (including phenoxy) is 1. The first-order valence-corrected chi connectivity index (χ1v) is 9.20. The van der Waals surface area contributed by atoms with E-state index >= 15 is 0 Å². The van der Waals surface area contributed by atoms with Gasteiger partial charge in [0.25, 0.3) is 5.91 Å². The van der Waals surface area contributed by atoms with Crippen LogP contribution in [0.4, 0.5) is 0 Å². The van der Waals surface area contributed by atoms with E-state index < -0.39 is 0 Å². The number of halogens is 1. The maximum absolute atomic E-state index is 11.5. The van der Waals surface area contributed by atoms with Gasteiger partial charge in [-0.05, 0) is 38.0 Å². The Bertz CT molecular complexity index is 538. The summed E-state index contributed by atoms with van der Waals surface area (Å²) in [6.45, 7) is 9.08. The summed E-state index contributed by atoms with van der Waals surface area (Å²) in [5.41, 5.74) is 1.04. The molecule has 0 aliphatic carbocycles. The number of guanidine groups is 1. The predicted octanol–water partition coefficient (Wildman–Crippen LogP) is 3.06. The lowest BCUT2D eigenvalue weighted by molar-refractivity contribution is -0.122. The van der Waals surface area contributed by atoms with E-state index in [-0.39, 0.29) is 36.5 Å². The molecule has 0 saturated heterocycles. The van der Waals surface area contributed by atoms with Gasteiger partial charge in [0.2, 0.25) is 0 Å². The molecule has 1 rings (SSSR count). The average molecular weight is 476 g/mol. The number of hydrogen-bond donors (Lipinski definition) is 3. The maximum Gasteiger partial charge on any atom is 0.257 e. The first-order chi connectivity index (χ1) is 12.2. The SMILES string of the molecule is CCCCCNC(=NCc1cccc(OCC(=O)NCC)c1)NCC.I. The zero-order valence-electron chi connectivity index (χ0n) is 16.1. The standard InChI is InChI=1S/C19H32N4O2.HI/c1-4-7-8-12-22-19(21-6-3)23-14-16-10-9-11-17(13-16)25-15-18(24)20-5-2;/h9-11,13H,4-8,12,14-15H2,1-3H3,(H,20,24)(H2,21,22,23);1H. The van der Waals surface area contributed by atoms with Gasteiger partial charge < -0.3 is 20.7 Å². The van der Waals surface area contributed by atoms with Gasteiger partial charge in [0.15, 0.2) is 12.6 Å². The van der Waals surface area contributed by atoms with Gasteiger partial charge in [-0.2, -0.15) is 0 Å². The molecule has 7 heteroatoms. The van der Waals surface area contributed by atoms with Crippen molar-refractivity contribution in [3.63, 3.8) is 0 Å². The van der Waals surface area contributed by atoms with Gasteiger partial charge in [-0.1, -0.05) is 31.9 Å². The smallest absolute Gasteiger partial charge is 0.257 e. The summed E-state index contributed by atoms with van der Waals surface area (Å²) in [6, 6.07) is 7.69. The summed E-state index contributed by atoms with van der Waals surface area (Å²) < 4.78 is 5.52. The van der Waals surface area contributed by atoms with Crippen molar-refractivity contribution in [1.82, 2.24) is 16.0 Å². The van der Waals surface area contributed by atoms with Crippen LogP contribution < -0.4 is 20.7 Å². The normalized spacial score (nSPS) is 10.7. The molecule has 1 aromatic rings. The Labute approximate surface area is 174 Å². The number of nitrogens with one attached hydrogen (secondary N) is 3. The largest absolute Gasteiger partial charge is 0.484 e. The van der Waals surface area contributed by atoms with Crippen LogP contribution in [-0.4, -0.2) is 38.1 Å². The fraction of sp³-hybridized carbons (Fsp3) is 0.579. The minimum atomic E-state index is -0.114. The summed E-state index contributed by atoms with van der Waals surface area (Å²) in [4.78, 5) is 16.1. The van der Waals surface area contributed by atoms with Crippen molar-refractivity contribution in [2.24, 2.45) is 4.99 Å². The van der Waals surface area contributed by atoms with Crippen LogP contribution in [0.5, 0.6) is 5.75 Å². The molecule has 0 spiro atoms. The van der Waals surface area contributed by atoms with Crippen molar-refractivity contribution < 1.29 is 9.53 Å². The summed E-state index contributed by atoms with van der Waals surface area (Å²) >= 11 is 0. The topological polar surface area (TPSA) is 74.8 Å². The molecule has 0 radical (unpaired) electrons. The van der Waals surface area contributed by atoms with Crippen LogP contribution in [0.2, 0.25) is 0 Å². The first kappa shape index (κ1) is 24.5. The number of aliphatic imine (C=N–C) groups is 1. The number of unbranched alkanes of at least 4 members (excludes halogenated alkanes) is 2. The Morgan fingerprint density at radius 3 is 2.54 bits per heavy atom. The Morgan fingerprint density at radius 2 is 1.85 bits per heavy atom. The quantitative estimate of drug-likeness (QED) is 0.199. The predicted molar refractivity (Wildman–Crippen MR) is 118 cm³/mol. The summed E-state index contributed by atoms with van der Waals surface area (Å²) in [6.07, 6.45) is 3.57. The van der Waals surface area contributed by atoms with Crippen molar-refractivity contribution in [2.75, 3.05) is 26.2 Å². The zero-order chi connectivity index (χ0) is 18.3. The molecule has 26 heavy (non-hydrogen) atoms. The van der Waals surface area contributed by atoms with Crippen LogP contribution in [0.3, 0.4) is 0 Å². The third-order valence-electron chi connectivity index (χ3n) is 3.48. The monoisotopic (exact) mass is 476 g/mol. The molecular formula is C19H33IN4O2. The van der Waals surface area contributed by atoms with Crippen molar-refractivity contribution in [2.45, 2.75) is 46.6 Å². The lowest BCUT2D eigenvalue weighted by Crippen LogP contribution is -2.37. The van der Waals surface area contributed by atoms with Crippen LogP contribution in [0, 0.1) is 0 Å². The molecule has 0 heterocycles. The van der Waals surface area contributed by atoms with E-state index in [1.165, 1.54) is 12.8 Å². The summed E-state index contributed by atoms with van der Waals surface area (Å²) in [7, 11) is 0. The molecule has 1 amide bonds. The van der Waals surface area contributed by atoms with Crippen LogP contribution in [0.15, 0.2) is 29.3 Å². The Hall–Kier alpha value is -1.51. The number of benzene rings is 1. The number of amides is 1. The number of carbonyl (C=O) groups excluding carboxylic acids is 1. The van der Waals surface area contributed by atoms with Crippen molar-refractivity contribution >= 4 is 35.8 Å². The molecule has 1 aromatic carbocycles. The van der Waals surface area contributed by atoms with Crippen molar-refractivity contribution in [3.8, 4) is 5.75 Å². The third kappa shape index (κ3) is 11.2. The molecule has 3 N–H and O–H groups in total. The second-order valence-corrected chi connectivity index (χ2v) is 5.72. The highest BCUT2D eigenvalue weighted by molar-refractivity contribution is 14.0. The molecular weight excluding hydrogens is 443 g/mol. The maximum atomic E-state index is 11.5. The van der Waals surface area contributed by atoms with Gasteiger partial charge in [-0.15, -0.1) is 24.0 Å². The number of rotatable bonds is 11. The van der Waals surface area contributed by atoms with E-state index in [1.54, 1.807) is 0 Å². The third-order valence-corrected chi connectivity index (χ3v) is 3.48. The van der Waals surface area contributed by atoms with Crippen LogP contribution in [-0.2, 0) is 11.3 Å². The Kier molecular flexibility index (Phi) is 14.8. The molecule has 0 atom stereocenters.